The maximum Gasteiger partial charge on any atom is 0.302 e. The normalized spacial score (nSPS) is 21.1. The van der Waals surface area contributed by atoms with E-state index >= 15 is 0 Å². The molecule has 5 rings (SSSR count). The van der Waals surface area contributed by atoms with Crippen molar-refractivity contribution in [1.82, 2.24) is 19.8 Å². The molecule has 0 bridgehead atoms. The number of hydrogen-bond donors (Lipinski definition) is 1. The summed E-state index contributed by atoms with van der Waals surface area (Å²) in [6.45, 7) is 11.9. The molecule has 0 aliphatic carbocycles. The second kappa shape index (κ2) is 9.28. The molecule has 1 N–H and O–H groups in total. The third kappa shape index (κ3) is 4.08. The summed E-state index contributed by atoms with van der Waals surface area (Å²) >= 11 is 0. The van der Waals surface area contributed by atoms with Crippen molar-refractivity contribution >= 4 is 34.4 Å². The minimum Gasteiger partial charge on any atom is -0.328 e. The van der Waals surface area contributed by atoms with Crippen LogP contribution < -0.4 is 5.32 Å². The number of nitrogens with one attached hydrogen (secondary N) is 1. The van der Waals surface area contributed by atoms with E-state index in [0.717, 1.165) is 5.56 Å². The SMILES string of the molecule is [C-]#[N+][C@@H]1C[C@@]2(CN1C(=O)[C@H](CC(C)C)N(C)C(=O)c1cnc3ccccc3n1)C(=O)Nc1ccccc12. The van der Waals surface area contributed by atoms with Gasteiger partial charge in [0.05, 0.1) is 23.7 Å². The number of rotatable bonds is 5. The first-order valence-electron chi connectivity index (χ1n) is 12.3. The highest BCUT2D eigenvalue weighted by Crippen LogP contribution is 2.47. The molecule has 0 saturated carbocycles. The van der Waals surface area contributed by atoms with Gasteiger partial charge in [-0.2, -0.15) is 0 Å². The van der Waals surface area contributed by atoms with Gasteiger partial charge in [-0.15, -0.1) is 0 Å². The monoisotopic (exact) mass is 496 g/mol. The van der Waals surface area contributed by atoms with E-state index in [-0.39, 0.29) is 36.4 Å². The number of nitrogens with zero attached hydrogens (tertiary/aromatic N) is 5. The lowest BCUT2D eigenvalue weighted by molar-refractivity contribution is -0.136. The van der Waals surface area contributed by atoms with Crippen molar-refractivity contribution in [2.24, 2.45) is 5.92 Å². The molecule has 2 aliphatic rings. The Balaban J connectivity index is 1.46. The molecule has 0 radical (unpaired) electrons. The Labute approximate surface area is 215 Å². The van der Waals surface area contributed by atoms with Gasteiger partial charge >= 0.3 is 6.17 Å². The van der Waals surface area contributed by atoms with Gasteiger partial charge in [0.25, 0.3) is 11.8 Å². The van der Waals surface area contributed by atoms with Gasteiger partial charge < -0.3 is 10.2 Å². The van der Waals surface area contributed by atoms with Crippen LogP contribution in [0, 0.1) is 12.5 Å². The van der Waals surface area contributed by atoms with Crippen molar-refractivity contribution in [1.29, 1.82) is 0 Å². The summed E-state index contributed by atoms with van der Waals surface area (Å²) in [6, 6.07) is 13.9. The highest BCUT2D eigenvalue weighted by Gasteiger charge is 2.59. The van der Waals surface area contributed by atoms with E-state index in [1.165, 1.54) is 16.0 Å². The van der Waals surface area contributed by atoms with Gasteiger partial charge in [0.15, 0.2) is 0 Å². The summed E-state index contributed by atoms with van der Waals surface area (Å²) in [6.07, 6.45) is 1.24. The number of amides is 3. The molecule has 37 heavy (non-hydrogen) atoms. The molecule has 2 aliphatic heterocycles. The first-order valence-corrected chi connectivity index (χ1v) is 12.3. The minimum atomic E-state index is -0.976. The third-order valence-electron chi connectivity index (χ3n) is 7.32. The fourth-order valence-electron chi connectivity index (χ4n) is 5.40. The first-order chi connectivity index (χ1) is 17.7. The average molecular weight is 497 g/mol. The van der Waals surface area contributed by atoms with Crippen LogP contribution in [0.25, 0.3) is 15.9 Å². The van der Waals surface area contributed by atoms with Crippen molar-refractivity contribution in [3.8, 4) is 0 Å². The molecule has 3 atom stereocenters. The zero-order valence-corrected chi connectivity index (χ0v) is 21.0. The number of hydrogen-bond acceptors (Lipinski definition) is 5. The topological polar surface area (TPSA) is 99.9 Å². The molecule has 3 heterocycles. The van der Waals surface area contributed by atoms with Gasteiger partial charge in [0, 0.05) is 19.3 Å². The van der Waals surface area contributed by atoms with E-state index in [0.29, 0.717) is 23.1 Å². The summed E-state index contributed by atoms with van der Waals surface area (Å²) in [7, 11) is 1.58. The number of anilines is 1. The summed E-state index contributed by atoms with van der Waals surface area (Å²) < 4.78 is 0. The number of fused-ring (bicyclic) bond motifs is 3. The van der Waals surface area contributed by atoms with Gasteiger partial charge in [0.2, 0.25) is 5.91 Å². The van der Waals surface area contributed by atoms with Crippen LogP contribution in [0.2, 0.25) is 0 Å². The summed E-state index contributed by atoms with van der Waals surface area (Å²) in [5.41, 5.74) is 1.96. The van der Waals surface area contributed by atoms with Crippen molar-refractivity contribution in [3.63, 3.8) is 0 Å². The van der Waals surface area contributed by atoms with E-state index < -0.39 is 23.5 Å². The number of likely N-dealkylation sites (tertiary alicyclic amines) is 1. The van der Waals surface area contributed by atoms with Crippen LogP contribution in [0.4, 0.5) is 5.69 Å². The Morgan fingerprint density at radius 3 is 2.62 bits per heavy atom. The molecule has 1 aromatic heterocycles. The van der Waals surface area contributed by atoms with E-state index in [4.69, 9.17) is 6.57 Å². The van der Waals surface area contributed by atoms with Gasteiger partial charge in [-0.1, -0.05) is 44.2 Å². The Morgan fingerprint density at radius 2 is 1.89 bits per heavy atom. The number of aromatic nitrogens is 2. The third-order valence-corrected chi connectivity index (χ3v) is 7.32. The average Bonchev–Trinajstić information content (AvgIpc) is 3.43. The van der Waals surface area contributed by atoms with Crippen molar-refractivity contribution in [2.45, 2.75) is 44.3 Å². The lowest BCUT2D eigenvalue weighted by Crippen LogP contribution is -2.51. The molecule has 9 heteroatoms. The number of carbonyl (C=O) groups excluding carboxylic acids is 3. The first kappa shape index (κ1) is 24.4. The number of benzene rings is 2. The Hall–Kier alpha value is -4.32. The molecule has 1 spiro atoms. The Kier molecular flexibility index (Phi) is 6.12. The Morgan fingerprint density at radius 1 is 1.19 bits per heavy atom. The summed E-state index contributed by atoms with van der Waals surface area (Å²) in [4.78, 5) is 56.0. The maximum atomic E-state index is 14.0. The van der Waals surface area contributed by atoms with Crippen LogP contribution in [-0.2, 0) is 15.0 Å². The van der Waals surface area contributed by atoms with Gasteiger partial charge in [-0.05, 0) is 36.1 Å². The molecular formula is C28H28N6O3. The molecule has 1 saturated heterocycles. The van der Waals surface area contributed by atoms with Crippen LogP contribution >= 0.6 is 0 Å². The fraction of sp³-hybridized carbons (Fsp3) is 0.357. The second-order valence-corrected chi connectivity index (χ2v) is 10.2. The second-order valence-electron chi connectivity index (χ2n) is 10.2. The molecule has 2 aromatic carbocycles. The molecule has 3 aromatic rings. The quantitative estimate of drug-likeness (QED) is 0.545. The van der Waals surface area contributed by atoms with Gasteiger partial charge in [0.1, 0.15) is 17.2 Å². The minimum absolute atomic E-state index is 0.0914. The molecule has 1 fully saturated rings. The molecule has 0 unspecified atom stereocenters. The summed E-state index contributed by atoms with van der Waals surface area (Å²) in [5.74, 6) is -0.859. The fourth-order valence-corrected chi connectivity index (χ4v) is 5.40. The highest BCUT2D eigenvalue weighted by atomic mass is 16.2. The van der Waals surface area contributed by atoms with Crippen LogP contribution in [0.15, 0.2) is 54.7 Å². The molecule has 3 amide bonds. The van der Waals surface area contributed by atoms with Gasteiger partial charge in [-0.25, -0.2) is 11.6 Å². The van der Waals surface area contributed by atoms with Gasteiger partial charge in [-0.3, -0.25) is 29.1 Å². The number of carbonyl (C=O) groups is 3. The largest absolute Gasteiger partial charge is 0.328 e. The maximum absolute atomic E-state index is 14.0. The standard InChI is InChI=1S/C28H28N6O3/c1-17(2)13-23(33(4)25(35)22-15-30-20-11-7-8-12-21(20)31-22)26(36)34-16-28(14-24(34)29-3)18-9-5-6-10-19(18)32-27(28)37/h5-12,15,17,23-24H,13-14,16H2,1-2,4H3,(H,32,37)/t23-,24-,28-/m0/s1. The van der Waals surface area contributed by atoms with Crippen molar-refractivity contribution in [3.05, 3.63) is 77.4 Å². The smallest absolute Gasteiger partial charge is 0.302 e. The highest BCUT2D eigenvalue weighted by molar-refractivity contribution is 6.07. The van der Waals surface area contributed by atoms with E-state index in [9.17, 15) is 14.4 Å². The van der Waals surface area contributed by atoms with E-state index in [2.05, 4.69) is 20.1 Å². The zero-order valence-electron chi connectivity index (χ0n) is 21.0. The lowest BCUT2D eigenvalue weighted by Gasteiger charge is -2.32. The predicted octanol–water partition coefficient (Wildman–Crippen LogP) is 3.48. The number of likely N-dealkylation sites (N-methyl/N-ethyl adjacent to an activating group) is 1. The van der Waals surface area contributed by atoms with Crippen molar-refractivity contribution < 1.29 is 14.4 Å². The lowest BCUT2D eigenvalue weighted by atomic mass is 9.80. The zero-order chi connectivity index (χ0) is 26.3. The van der Waals surface area contributed by atoms with E-state index in [1.807, 2.05) is 56.3 Å². The van der Waals surface area contributed by atoms with Crippen LogP contribution in [0.3, 0.4) is 0 Å². The van der Waals surface area contributed by atoms with Crippen LogP contribution in [0.1, 0.15) is 42.7 Å². The number of para-hydroxylation sites is 3. The Bertz CT molecular complexity index is 1450. The predicted molar refractivity (Wildman–Crippen MR) is 138 cm³/mol. The molecular weight excluding hydrogens is 468 g/mol. The van der Waals surface area contributed by atoms with Crippen LogP contribution in [0.5, 0.6) is 0 Å². The molecule has 9 nitrogen and oxygen atoms in total. The van der Waals surface area contributed by atoms with E-state index in [1.54, 1.807) is 13.1 Å². The van der Waals surface area contributed by atoms with Crippen LogP contribution in [-0.4, -0.2) is 63.3 Å². The molecule has 188 valence electrons. The van der Waals surface area contributed by atoms with Crippen molar-refractivity contribution in [2.75, 3.05) is 18.9 Å². The summed E-state index contributed by atoms with van der Waals surface area (Å²) in [5, 5.41) is 2.91.